The molecule has 4 unspecified atom stereocenters. The van der Waals surface area contributed by atoms with Crippen molar-refractivity contribution in [1.29, 1.82) is 10.5 Å². The number of benzene rings is 3. The van der Waals surface area contributed by atoms with E-state index < -0.39 is 62.5 Å². The van der Waals surface area contributed by atoms with Crippen molar-refractivity contribution in [3.05, 3.63) is 95.1 Å². The van der Waals surface area contributed by atoms with E-state index in [2.05, 4.69) is 12.1 Å². The molecular weight excluding hydrogens is 626 g/mol. The van der Waals surface area contributed by atoms with Crippen LogP contribution < -0.4 is 10.9 Å². The van der Waals surface area contributed by atoms with Gasteiger partial charge in [0.2, 0.25) is 0 Å². The third kappa shape index (κ3) is 7.18. The third-order valence-corrected chi connectivity index (χ3v) is 7.39. The maximum Gasteiger partial charge on any atom is 0.495 e. The summed E-state index contributed by atoms with van der Waals surface area (Å²) >= 11 is 0. The van der Waals surface area contributed by atoms with Gasteiger partial charge in [0, 0.05) is 0 Å². The summed E-state index contributed by atoms with van der Waals surface area (Å²) in [6.45, 7) is 0. The second-order valence-electron chi connectivity index (χ2n) is 10.5. The smallest absolute Gasteiger partial charge is 0.479 e. The minimum Gasteiger partial charge on any atom is -0.479 e. The van der Waals surface area contributed by atoms with Crippen LogP contribution in [0.3, 0.4) is 0 Å². The van der Waals surface area contributed by atoms with Gasteiger partial charge in [-0.05, 0) is 45.3 Å². The minimum absolute atomic E-state index is 0.309. The Kier molecular flexibility index (Phi) is 9.84. The second-order valence-corrected chi connectivity index (χ2v) is 10.5. The third-order valence-electron chi connectivity index (χ3n) is 7.39. The first-order valence-corrected chi connectivity index (χ1v) is 14.1. The highest BCUT2D eigenvalue weighted by atomic mass is 16.7. The molecule has 4 atom stereocenters. The zero-order chi connectivity index (χ0) is 34.5. The number of rotatable bonds is 10. The lowest BCUT2D eigenvalue weighted by Crippen LogP contribution is -2.36. The average molecular weight is 648 g/mol. The maximum atomic E-state index is 11.3. The van der Waals surface area contributed by atoms with Gasteiger partial charge in [0.05, 0.1) is 23.3 Å². The van der Waals surface area contributed by atoms with Crippen molar-refractivity contribution >= 4 is 72.3 Å². The van der Waals surface area contributed by atoms with Gasteiger partial charge in [0.25, 0.3) is 0 Å². The van der Waals surface area contributed by atoms with Gasteiger partial charge in [0.15, 0.2) is 24.4 Å². The van der Waals surface area contributed by atoms with Crippen LogP contribution in [0.4, 0.5) is 0 Å². The van der Waals surface area contributed by atoms with Crippen LogP contribution in [0, 0.1) is 22.7 Å². The monoisotopic (exact) mass is 648 g/mol. The van der Waals surface area contributed by atoms with Crippen LogP contribution in [0.25, 0.3) is 23.3 Å². The molecule has 2 saturated heterocycles. The quantitative estimate of drug-likeness (QED) is 0.137. The van der Waals surface area contributed by atoms with Gasteiger partial charge in [-0.2, -0.15) is 10.5 Å². The van der Waals surface area contributed by atoms with E-state index in [0.717, 1.165) is 0 Å². The van der Waals surface area contributed by atoms with E-state index in [0.29, 0.717) is 44.3 Å². The molecule has 5 rings (SSSR count). The van der Waals surface area contributed by atoms with E-state index in [1.54, 1.807) is 84.9 Å². The van der Waals surface area contributed by atoms with E-state index in [-0.39, 0.29) is 0 Å². The molecule has 0 bridgehead atoms. The van der Waals surface area contributed by atoms with Crippen molar-refractivity contribution in [3.63, 3.8) is 0 Å². The summed E-state index contributed by atoms with van der Waals surface area (Å²) in [7, 11) is -2.39. The fourth-order valence-corrected chi connectivity index (χ4v) is 4.97. The van der Waals surface area contributed by atoms with Gasteiger partial charge in [0.1, 0.15) is 0 Å². The van der Waals surface area contributed by atoms with Crippen molar-refractivity contribution in [1.82, 2.24) is 0 Å². The highest BCUT2D eigenvalue weighted by molar-refractivity contribution is 6.62. The zero-order valence-corrected chi connectivity index (χ0v) is 24.5. The molecule has 3 aromatic rings. The van der Waals surface area contributed by atoms with E-state index in [1.165, 1.54) is 0 Å². The zero-order valence-electron chi connectivity index (χ0n) is 24.5. The summed E-state index contributed by atoms with van der Waals surface area (Å²) in [5, 5.41) is 56.6. The number of carboxylic acids is 4. The number of hydrogen-bond donors (Lipinski definition) is 4. The number of nitriles is 2. The lowest BCUT2D eigenvalue weighted by molar-refractivity contribution is -0.156. The molecule has 0 aliphatic carbocycles. The molecule has 4 N–H and O–H groups in total. The number of allylic oxidation sites excluding steroid dienone is 2. The Hall–Kier alpha value is -6.03. The number of carboxylic acid groups (broad SMARTS) is 4. The van der Waals surface area contributed by atoms with Crippen molar-refractivity contribution in [3.8, 4) is 12.1 Å². The molecule has 0 saturated carbocycles. The summed E-state index contributed by atoms with van der Waals surface area (Å²) < 4.78 is 21.1. The molecule has 16 heteroatoms. The van der Waals surface area contributed by atoms with Gasteiger partial charge in [-0.15, -0.1) is 0 Å². The van der Waals surface area contributed by atoms with Crippen LogP contribution in [0.15, 0.2) is 72.8 Å². The van der Waals surface area contributed by atoms with Crippen LogP contribution in [0.5, 0.6) is 0 Å². The normalized spacial score (nSPS) is 21.0. The molecule has 2 fully saturated rings. The van der Waals surface area contributed by atoms with Crippen molar-refractivity contribution < 1.29 is 58.2 Å². The van der Waals surface area contributed by atoms with E-state index in [1.807, 2.05) is 0 Å². The molecule has 0 amide bonds. The molecule has 0 radical (unpaired) electrons. The Bertz CT molecular complexity index is 1710. The maximum absolute atomic E-state index is 11.3. The van der Waals surface area contributed by atoms with Crippen molar-refractivity contribution in [2.75, 3.05) is 0 Å². The van der Waals surface area contributed by atoms with Crippen LogP contribution >= 0.6 is 0 Å². The van der Waals surface area contributed by atoms with Gasteiger partial charge in [-0.1, -0.05) is 72.8 Å². The molecule has 0 aromatic heterocycles. The summed E-state index contributed by atoms with van der Waals surface area (Å²) in [5.74, 6) is -5.82. The number of hydrogen-bond acceptors (Lipinski definition) is 10. The topological polar surface area (TPSA) is 234 Å². The first-order valence-electron chi connectivity index (χ1n) is 14.1. The van der Waals surface area contributed by atoms with Crippen LogP contribution in [0.2, 0.25) is 0 Å². The summed E-state index contributed by atoms with van der Waals surface area (Å²) in [4.78, 5) is 45.3. The summed E-state index contributed by atoms with van der Waals surface area (Å²) in [6, 6.07) is 23.8. The second kappa shape index (κ2) is 14.2. The minimum atomic E-state index is -1.66. The lowest BCUT2D eigenvalue weighted by atomic mass is 9.79. The molecule has 2 aliphatic heterocycles. The van der Waals surface area contributed by atoms with Gasteiger partial charge < -0.3 is 39.0 Å². The molecule has 48 heavy (non-hydrogen) atoms. The van der Waals surface area contributed by atoms with Crippen LogP contribution in [0.1, 0.15) is 22.3 Å². The molecule has 2 aliphatic rings. The molecule has 2 heterocycles. The predicted octanol–water partition coefficient (Wildman–Crippen LogP) is 1.11. The average Bonchev–Trinajstić information content (AvgIpc) is 3.74. The van der Waals surface area contributed by atoms with Crippen LogP contribution in [-0.4, -0.2) is 83.0 Å². The van der Waals surface area contributed by atoms with Gasteiger partial charge >= 0.3 is 38.1 Å². The molecule has 14 nitrogen and oxygen atoms in total. The Labute approximate surface area is 272 Å². The summed E-state index contributed by atoms with van der Waals surface area (Å²) in [5.41, 5.74) is 3.79. The molecular formula is C32H22B2N2O12. The Morgan fingerprint density at radius 3 is 1.02 bits per heavy atom. The number of nitrogens with zero attached hydrogens (tertiary/aromatic N) is 2. The Morgan fingerprint density at radius 2 is 0.792 bits per heavy atom. The molecule has 3 aromatic carbocycles. The first kappa shape index (κ1) is 33.3. The fraction of sp³-hybridized carbons (Fsp3) is 0.125. The van der Waals surface area contributed by atoms with Crippen LogP contribution in [-0.2, 0) is 37.8 Å². The predicted molar refractivity (Wildman–Crippen MR) is 167 cm³/mol. The number of aliphatic carboxylic acids is 4. The fourth-order valence-electron chi connectivity index (χ4n) is 4.97. The lowest BCUT2D eigenvalue weighted by Gasteiger charge is -2.08. The van der Waals surface area contributed by atoms with E-state index in [9.17, 15) is 50.1 Å². The standard InChI is InChI=1S/C32H22B2N2O12/c35-15-21(13-17-1-9-23(10-2-17)33-45-25(29(37)38)26(46-33)30(39)40)19-5-7-20(8-6-19)22(16-36)14-18-3-11-24(12-4-18)34-47-27(31(41)42)28(48-34)32(43)44/h1-14,25-28H,(H,37,38)(H,39,40)(H,41,42)(H,43,44)/b21-13+,22-14+. The Morgan fingerprint density at radius 1 is 0.521 bits per heavy atom. The van der Waals surface area contributed by atoms with Gasteiger partial charge in [-0.3, -0.25) is 0 Å². The number of carbonyl (C=O) groups is 4. The van der Waals surface area contributed by atoms with Crippen molar-refractivity contribution in [2.45, 2.75) is 24.4 Å². The van der Waals surface area contributed by atoms with E-state index in [4.69, 9.17) is 18.6 Å². The highest BCUT2D eigenvalue weighted by Gasteiger charge is 2.49. The first-order chi connectivity index (χ1) is 23.0. The van der Waals surface area contributed by atoms with Crippen molar-refractivity contribution in [2.24, 2.45) is 0 Å². The molecule has 238 valence electrons. The largest absolute Gasteiger partial charge is 0.495 e. The molecule has 0 spiro atoms. The summed E-state index contributed by atoms with van der Waals surface area (Å²) in [6.07, 6.45) is -3.40. The Balaban J connectivity index is 1.27. The SMILES string of the molecule is N#C/C(=C\c1ccc(B2OC(C(=O)O)C(C(=O)O)O2)cc1)c1ccc(/C(C#N)=C/c2ccc(B3OC(C(=O)O)C(C(=O)O)O3)cc2)cc1. The highest BCUT2D eigenvalue weighted by Crippen LogP contribution is 2.24. The van der Waals surface area contributed by atoms with E-state index >= 15 is 0 Å². The van der Waals surface area contributed by atoms with Gasteiger partial charge in [-0.25, -0.2) is 19.2 Å².